The summed E-state index contributed by atoms with van der Waals surface area (Å²) < 4.78 is 53.8. The molecule has 0 saturated carbocycles. The minimum Gasteiger partial charge on any atom is -0.457 e. The Morgan fingerprint density at radius 2 is 1.31 bits per heavy atom. The minimum absolute atomic E-state index is 0.242. The third-order valence-corrected chi connectivity index (χ3v) is 11.9. The molecular weight excluding hydrogens is 745 g/mol. The zero-order valence-corrected chi connectivity index (χ0v) is 34.9. The third kappa shape index (κ3) is 6.26. The topological polar surface area (TPSA) is 35.2 Å². The quantitative estimate of drug-likeness (QED) is 0.174. The lowest BCUT2D eigenvalue weighted by atomic mass is 9.88. The van der Waals surface area contributed by atoms with Gasteiger partial charge in [-0.05, 0) is 120 Å². The predicted molar refractivity (Wildman–Crippen MR) is 257 cm³/mol. The molecule has 0 amide bonds. The van der Waals surface area contributed by atoms with Crippen molar-refractivity contribution in [2.45, 2.75) is 54.5 Å². The second-order valence-electron chi connectivity index (χ2n) is 17.4. The molecule has 0 atom stereocenters. The van der Waals surface area contributed by atoms with Crippen LogP contribution in [-0.2, 0) is 13.0 Å². The van der Waals surface area contributed by atoms with Crippen LogP contribution >= 0.6 is 0 Å². The van der Waals surface area contributed by atoms with Crippen molar-refractivity contribution < 1.29 is 11.6 Å². The number of hydrogen-bond donors (Lipinski definition) is 0. The number of ether oxygens (including phenoxy) is 1. The van der Waals surface area contributed by atoms with Crippen LogP contribution in [0.15, 0.2) is 158 Å². The first kappa shape index (κ1) is 31.8. The summed E-state index contributed by atoms with van der Waals surface area (Å²) in [7, 11) is 0. The Hall–Kier alpha value is -7.11. The Morgan fingerprint density at radius 1 is 0.607 bits per heavy atom. The average Bonchev–Trinajstić information content (AvgIpc) is 3.84. The van der Waals surface area contributed by atoms with E-state index in [9.17, 15) is 0 Å². The van der Waals surface area contributed by atoms with E-state index in [2.05, 4.69) is 114 Å². The van der Waals surface area contributed by atoms with Gasteiger partial charge in [-0.15, -0.1) is 0 Å². The zero-order chi connectivity index (χ0) is 45.9. The van der Waals surface area contributed by atoms with Gasteiger partial charge in [0.2, 0.25) is 0 Å². The van der Waals surface area contributed by atoms with Crippen molar-refractivity contribution in [2.24, 2.45) is 5.41 Å². The standard InChI is InChI=1S/C56H48N4O/c1-35-20-23-44-42-15-7-8-16-43(42)46-18-11-19-51-55(46)59(54-37(3)12-9-17-47(54)48(44)28-35)34-58(51)39-13-10-14-40(31-39)61-41-22-24-45-49-29-36(2)21-25-50(49)60(52(45)32-41)53-30-38(26-27-57-53)33-56(4,5)6/h7-32H,33-34H2,1-6H3/i2D3,33D2. The van der Waals surface area contributed by atoms with E-state index in [1.807, 2.05) is 61.7 Å². The number of pyridine rings is 1. The van der Waals surface area contributed by atoms with Crippen LogP contribution < -0.4 is 9.64 Å². The van der Waals surface area contributed by atoms with Crippen LogP contribution in [0.5, 0.6) is 11.5 Å². The molecule has 10 aromatic rings. The zero-order valence-electron chi connectivity index (χ0n) is 39.9. The molecule has 298 valence electrons. The van der Waals surface area contributed by atoms with E-state index in [-0.39, 0.29) is 5.56 Å². The highest BCUT2D eigenvalue weighted by atomic mass is 16.5. The monoisotopic (exact) mass is 797 g/mol. The van der Waals surface area contributed by atoms with Gasteiger partial charge >= 0.3 is 0 Å². The van der Waals surface area contributed by atoms with E-state index in [0.717, 1.165) is 38.7 Å². The number of rotatable bonds is 5. The van der Waals surface area contributed by atoms with Crippen molar-refractivity contribution in [3.8, 4) is 17.3 Å². The smallest absolute Gasteiger partial charge is 0.137 e. The van der Waals surface area contributed by atoms with Crippen molar-refractivity contribution in [1.29, 1.82) is 0 Å². The van der Waals surface area contributed by atoms with Gasteiger partial charge in [0.25, 0.3) is 0 Å². The number of para-hydroxylation sites is 2. The number of anilines is 2. The maximum Gasteiger partial charge on any atom is 0.137 e. The highest BCUT2D eigenvalue weighted by molar-refractivity contribution is 6.21. The Kier molecular flexibility index (Phi) is 7.29. The lowest BCUT2D eigenvalue weighted by Crippen LogP contribution is -2.14. The highest BCUT2D eigenvalue weighted by Crippen LogP contribution is 2.44. The van der Waals surface area contributed by atoms with Gasteiger partial charge in [0.15, 0.2) is 0 Å². The number of benzene rings is 7. The van der Waals surface area contributed by atoms with E-state index >= 15 is 0 Å². The molecule has 1 aliphatic heterocycles. The van der Waals surface area contributed by atoms with Crippen molar-refractivity contribution in [3.63, 3.8) is 0 Å². The molecule has 61 heavy (non-hydrogen) atoms. The van der Waals surface area contributed by atoms with Crippen molar-refractivity contribution in [2.75, 3.05) is 4.90 Å². The molecular formula is C56H48N4O. The lowest BCUT2D eigenvalue weighted by Gasteiger charge is -2.21. The van der Waals surface area contributed by atoms with Gasteiger partial charge in [0.05, 0.1) is 27.8 Å². The predicted octanol–water partition coefficient (Wildman–Crippen LogP) is 15.1. The molecule has 7 aromatic carbocycles. The van der Waals surface area contributed by atoms with E-state index in [4.69, 9.17) is 16.6 Å². The summed E-state index contributed by atoms with van der Waals surface area (Å²) >= 11 is 0. The molecule has 0 fully saturated rings. The molecule has 0 saturated heterocycles. The maximum atomic E-state index is 9.05. The van der Waals surface area contributed by atoms with Crippen molar-refractivity contribution in [3.05, 3.63) is 180 Å². The molecule has 0 N–H and O–H groups in total. The summed E-state index contributed by atoms with van der Waals surface area (Å²) in [5.41, 5.74) is 8.42. The van der Waals surface area contributed by atoms with Gasteiger partial charge in [0, 0.05) is 52.4 Å². The first-order valence-electron chi connectivity index (χ1n) is 23.4. The normalized spacial score (nSPS) is 14.4. The third-order valence-electron chi connectivity index (χ3n) is 11.9. The molecule has 5 nitrogen and oxygen atoms in total. The fourth-order valence-electron chi connectivity index (χ4n) is 9.46. The molecule has 0 aliphatic carbocycles. The number of aryl methyl sites for hydroxylation is 3. The maximum absolute atomic E-state index is 9.05. The van der Waals surface area contributed by atoms with Crippen LogP contribution in [0.2, 0.25) is 0 Å². The van der Waals surface area contributed by atoms with E-state index < -0.39 is 18.6 Å². The van der Waals surface area contributed by atoms with Crippen LogP contribution in [0.1, 0.15) is 49.9 Å². The van der Waals surface area contributed by atoms with Crippen LogP contribution in [0.25, 0.3) is 71.0 Å². The van der Waals surface area contributed by atoms with Gasteiger partial charge in [-0.1, -0.05) is 117 Å². The van der Waals surface area contributed by atoms with Gasteiger partial charge in [-0.3, -0.25) is 4.57 Å². The molecule has 0 unspecified atom stereocenters. The molecule has 3 aromatic heterocycles. The summed E-state index contributed by atoms with van der Waals surface area (Å²) in [5.74, 6) is 1.76. The average molecular weight is 798 g/mol. The number of aromatic nitrogens is 3. The summed E-state index contributed by atoms with van der Waals surface area (Å²) in [4.78, 5) is 7.12. The summed E-state index contributed by atoms with van der Waals surface area (Å²) in [6, 6.07) is 51.5. The van der Waals surface area contributed by atoms with Gasteiger partial charge in [-0.2, -0.15) is 0 Å². The SMILES string of the molecule is [2H]C([2H])([2H])c1ccc2c(c1)c1ccc(Oc3cccc(N4Cn5c6c(C)cccc6c6cc(C)ccc6c6ccccc6c6cccc4c65)c3)cc1n2-c1cc(C([2H])([2H])C(C)(C)C)ccn1. The Morgan fingerprint density at radius 3 is 2.15 bits per heavy atom. The second-order valence-corrected chi connectivity index (χ2v) is 17.4. The van der Waals surface area contributed by atoms with E-state index in [1.54, 1.807) is 30.5 Å². The first-order chi connectivity index (χ1) is 31.6. The number of fused-ring (bicyclic) bond motifs is 10. The first-order valence-corrected chi connectivity index (χ1v) is 20.9. The van der Waals surface area contributed by atoms with Gasteiger partial charge < -0.3 is 14.2 Å². The van der Waals surface area contributed by atoms with Crippen LogP contribution in [0.3, 0.4) is 0 Å². The van der Waals surface area contributed by atoms with E-state index in [1.165, 1.54) is 49.0 Å². The number of nitrogens with zero attached hydrogens (tertiary/aromatic N) is 4. The highest BCUT2D eigenvalue weighted by Gasteiger charge is 2.25. The summed E-state index contributed by atoms with van der Waals surface area (Å²) in [6.07, 6.45) is -0.0158. The molecule has 4 heterocycles. The Bertz CT molecular complexity index is 3710. The summed E-state index contributed by atoms with van der Waals surface area (Å²) in [5, 5.41) is 8.77. The Labute approximate surface area is 363 Å². The Balaban J connectivity index is 1.06. The minimum atomic E-state index is -2.29. The molecule has 0 radical (unpaired) electrons. The van der Waals surface area contributed by atoms with Crippen molar-refractivity contribution >= 4 is 76.5 Å². The van der Waals surface area contributed by atoms with Gasteiger partial charge in [-0.25, -0.2) is 4.98 Å². The molecule has 0 bridgehead atoms. The molecule has 1 aliphatic rings. The van der Waals surface area contributed by atoms with Crippen molar-refractivity contribution in [1.82, 2.24) is 14.1 Å². The molecule has 5 heteroatoms. The largest absolute Gasteiger partial charge is 0.457 e. The van der Waals surface area contributed by atoms with E-state index in [0.29, 0.717) is 29.5 Å². The van der Waals surface area contributed by atoms with Crippen LogP contribution in [-0.4, -0.2) is 14.1 Å². The van der Waals surface area contributed by atoms with Gasteiger partial charge in [0.1, 0.15) is 24.0 Å². The number of hydrogen-bond acceptors (Lipinski definition) is 3. The molecule has 0 spiro atoms. The lowest BCUT2D eigenvalue weighted by molar-refractivity contribution is 0.411. The fourth-order valence-corrected chi connectivity index (χ4v) is 9.46. The summed E-state index contributed by atoms with van der Waals surface area (Å²) in [6.45, 7) is 8.32. The second kappa shape index (κ2) is 14.0. The van der Waals surface area contributed by atoms with Crippen LogP contribution in [0, 0.1) is 26.1 Å². The van der Waals surface area contributed by atoms with Crippen LogP contribution in [0.4, 0.5) is 11.4 Å². The molecule has 11 rings (SSSR count). The fraction of sp³-hybridized carbons (Fsp3) is 0.161.